The predicted octanol–water partition coefficient (Wildman–Crippen LogP) is 0.237. The van der Waals surface area contributed by atoms with E-state index in [0.29, 0.717) is 6.61 Å². The molecule has 0 saturated carbocycles. The van der Waals surface area contributed by atoms with Crippen molar-refractivity contribution in [3.63, 3.8) is 0 Å². The van der Waals surface area contributed by atoms with Crippen LogP contribution in [0, 0.1) is 0 Å². The molecule has 0 bridgehead atoms. The molecular formula is C9H16O4. The maximum Gasteiger partial charge on any atom is 0.330 e. The van der Waals surface area contributed by atoms with Crippen molar-refractivity contribution in [1.29, 1.82) is 0 Å². The number of carbonyl (C=O) groups is 1. The van der Waals surface area contributed by atoms with Crippen molar-refractivity contribution in [3.8, 4) is 0 Å². The summed E-state index contributed by atoms with van der Waals surface area (Å²) in [6, 6.07) is 0. The average Bonchev–Trinajstić information content (AvgIpc) is 2.01. The largest absolute Gasteiger partial charge is 0.463 e. The van der Waals surface area contributed by atoms with Crippen LogP contribution in [0.5, 0.6) is 0 Å². The Morgan fingerprint density at radius 2 is 2.23 bits per heavy atom. The number of ether oxygens (including phenoxy) is 1. The lowest BCUT2D eigenvalue weighted by molar-refractivity contribution is -0.137. The molecule has 0 aliphatic carbocycles. The third kappa shape index (κ3) is 4.65. The van der Waals surface area contributed by atoms with E-state index in [0.717, 1.165) is 6.08 Å². The first-order valence-corrected chi connectivity index (χ1v) is 4.16. The standard InChI is InChI=1S/C9H16O4/c1-4-13-8(11)5-6-9(3,12)7(2)10/h5-7,10,12H,4H2,1-3H3/b6-5+/t7-,9-/m1/s1. The molecule has 0 aromatic rings. The van der Waals surface area contributed by atoms with Gasteiger partial charge in [-0.2, -0.15) is 0 Å². The van der Waals surface area contributed by atoms with Gasteiger partial charge in [0.1, 0.15) is 5.60 Å². The second-order valence-electron chi connectivity index (χ2n) is 2.99. The Morgan fingerprint density at radius 3 is 2.62 bits per heavy atom. The molecule has 4 nitrogen and oxygen atoms in total. The van der Waals surface area contributed by atoms with E-state index in [-0.39, 0.29) is 0 Å². The number of hydrogen-bond donors (Lipinski definition) is 2. The average molecular weight is 188 g/mol. The van der Waals surface area contributed by atoms with Crippen molar-refractivity contribution >= 4 is 5.97 Å². The molecule has 0 aromatic carbocycles. The van der Waals surface area contributed by atoms with Crippen LogP contribution in [-0.2, 0) is 9.53 Å². The first-order chi connectivity index (χ1) is 5.90. The van der Waals surface area contributed by atoms with Gasteiger partial charge in [0, 0.05) is 6.08 Å². The van der Waals surface area contributed by atoms with E-state index in [2.05, 4.69) is 4.74 Å². The van der Waals surface area contributed by atoms with Gasteiger partial charge in [0.2, 0.25) is 0 Å². The molecule has 76 valence electrons. The minimum absolute atomic E-state index is 0.292. The van der Waals surface area contributed by atoms with Crippen LogP contribution in [-0.4, -0.2) is 34.5 Å². The number of aliphatic hydroxyl groups is 2. The molecule has 4 heteroatoms. The Morgan fingerprint density at radius 1 is 1.69 bits per heavy atom. The zero-order valence-electron chi connectivity index (χ0n) is 8.15. The van der Waals surface area contributed by atoms with Gasteiger partial charge < -0.3 is 14.9 Å². The van der Waals surface area contributed by atoms with Gasteiger partial charge in [0.15, 0.2) is 0 Å². The Labute approximate surface area is 77.8 Å². The summed E-state index contributed by atoms with van der Waals surface area (Å²) < 4.78 is 4.60. The highest BCUT2D eigenvalue weighted by molar-refractivity contribution is 5.82. The number of esters is 1. The van der Waals surface area contributed by atoms with Gasteiger partial charge in [-0.15, -0.1) is 0 Å². The van der Waals surface area contributed by atoms with Crippen molar-refractivity contribution in [2.24, 2.45) is 0 Å². The van der Waals surface area contributed by atoms with E-state index in [4.69, 9.17) is 5.11 Å². The van der Waals surface area contributed by atoms with E-state index in [9.17, 15) is 9.90 Å². The number of hydrogen-bond acceptors (Lipinski definition) is 4. The maximum atomic E-state index is 10.8. The fraction of sp³-hybridized carbons (Fsp3) is 0.667. The number of carbonyl (C=O) groups excluding carboxylic acids is 1. The topological polar surface area (TPSA) is 66.8 Å². The molecule has 2 N–H and O–H groups in total. The summed E-state index contributed by atoms with van der Waals surface area (Å²) >= 11 is 0. The van der Waals surface area contributed by atoms with Gasteiger partial charge in [0.05, 0.1) is 12.7 Å². The highest BCUT2D eigenvalue weighted by Gasteiger charge is 2.23. The Bertz CT molecular complexity index is 194. The summed E-state index contributed by atoms with van der Waals surface area (Å²) in [5, 5.41) is 18.5. The summed E-state index contributed by atoms with van der Waals surface area (Å²) in [5.74, 6) is -0.525. The normalized spacial score (nSPS) is 18.2. The summed E-state index contributed by atoms with van der Waals surface area (Å²) in [6.07, 6.45) is 1.39. The lowest BCUT2D eigenvalue weighted by Crippen LogP contribution is -2.34. The van der Waals surface area contributed by atoms with Gasteiger partial charge in [-0.25, -0.2) is 4.79 Å². The molecule has 0 heterocycles. The highest BCUT2D eigenvalue weighted by Crippen LogP contribution is 2.10. The van der Waals surface area contributed by atoms with Crippen molar-refractivity contribution in [2.75, 3.05) is 6.61 Å². The van der Waals surface area contributed by atoms with E-state index in [1.54, 1.807) is 6.92 Å². The molecule has 0 spiro atoms. The molecule has 13 heavy (non-hydrogen) atoms. The molecule has 2 atom stereocenters. The van der Waals surface area contributed by atoms with Crippen molar-refractivity contribution in [3.05, 3.63) is 12.2 Å². The second kappa shape index (κ2) is 4.99. The number of rotatable bonds is 4. The molecule has 0 aliphatic rings. The minimum atomic E-state index is -1.40. The number of aliphatic hydroxyl groups excluding tert-OH is 1. The predicted molar refractivity (Wildman–Crippen MR) is 48.1 cm³/mol. The summed E-state index contributed by atoms with van der Waals surface area (Å²) in [7, 11) is 0. The van der Waals surface area contributed by atoms with Gasteiger partial charge in [-0.3, -0.25) is 0 Å². The van der Waals surface area contributed by atoms with Crippen LogP contribution >= 0.6 is 0 Å². The molecule has 0 saturated heterocycles. The summed E-state index contributed by atoms with van der Waals surface area (Å²) in [6.45, 7) is 4.83. The van der Waals surface area contributed by atoms with Gasteiger partial charge in [-0.1, -0.05) is 0 Å². The van der Waals surface area contributed by atoms with E-state index in [1.165, 1.54) is 19.9 Å². The van der Waals surface area contributed by atoms with Crippen LogP contribution in [0.4, 0.5) is 0 Å². The van der Waals surface area contributed by atoms with Crippen LogP contribution in [0.1, 0.15) is 20.8 Å². The summed E-state index contributed by atoms with van der Waals surface area (Å²) in [5.41, 5.74) is -1.40. The molecule has 0 rings (SSSR count). The van der Waals surface area contributed by atoms with Crippen LogP contribution < -0.4 is 0 Å². The quantitative estimate of drug-likeness (QED) is 0.490. The van der Waals surface area contributed by atoms with Crippen molar-refractivity contribution < 1.29 is 19.7 Å². The molecular weight excluding hydrogens is 172 g/mol. The second-order valence-corrected chi connectivity index (χ2v) is 2.99. The third-order valence-corrected chi connectivity index (χ3v) is 1.69. The van der Waals surface area contributed by atoms with Gasteiger partial charge in [-0.05, 0) is 26.8 Å². The molecule has 0 fully saturated rings. The maximum absolute atomic E-state index is 10.8. The van der Waals surface area contributed by atoms with E-state index >= 15 is 0 Å². The lowest BCUT2D eigenvalue weighted by Gasteiger charge is -2.21. The van der Waals surface area contributed by atoms with Crippen LogP contribution in [0.3, 0.4) is 0 Å². The molecule has 0 aliphatic heterocycles. The first kappa shape index (κ1) is 12.1. The highest BCUT2D eigenvalue weighted by atomic mass is 16.5. The Hall–Kier alpha value is -0.870. The zero-order valence-corrected chi connectivity index (χ0v) is 8.15. The Kier molecular flexibility index (Phi) is 4.66. The zero-order chi connectivity index (χ0) is 10.5. The smallest absolute Gasteiger partial charge is 0.330 e. The third-order valence-electron chi connectivity index (χ3n) is 1.69. The van der Waals surface area contributed by atoms with Crippen molar-refractivity contribution in [2.45, 2.75) is 32.5 Å². The lowest BCUT2D eigenvalue weighted by atomic mass is 10.0. The van der Waals surface area contributed by atoms with Gasteiger partial charge >= 0.3 is 5.97 Å². The fourth-order valence-corrected chi connectivity index (χ4v) is 0.566. The van der Waals surface area contributed by atoms with Crippen LogP contribution in [0.15, 0.2) is 12.2 Å². The van der Waals surface area contributed by atoms with E-state index < -0.39 is 17.7 Å². The van der Waals surface area contributed by atoms with Crippen molar-refractivity contribution in [1.82, 2.24) is 0 Å². The van der Waals surface area contributed by atoms with E-state index in [1.807, 2.05) is 0 Å². The Balaban J connectivity index is 4.17. The van der Waals surface area contributed by atoms with Crippen LogP contribution in [0.25, 0.3) is 0 Å². The molecule has 0 radical (unpaired) electrons. The molecule has 0 aromatic heterocycles. The molecule has 0 unspecified atom stereocenters. The fourth-order valence-electron chi connectivity index (χ4n) is 0.566. The van der Waals surface area contributed by atoms with Gasteiger partial charge in [0.25, 0.3) is 0 Å². The first-order valence-electron chi connectivity index (χ1n) is 4.16. The summed E-state index contributed by atoms with van der Waals surface area (Å²) in [4.78, 5) is 10.8. The molecule has 0 amide bonds. The van der Waals surface area contributed by atoms with Crippen LogP contribution in [0.2, 0.25) is 0 Å². The minimum Gasteiger partial charge on any atom is -0.463 e. The SMILES string of the molecule is CCOC(=O)/C=C/[C@@](C)(O)[C@@H](C)O. The monoisotopic (exact) mass is 188 g/mol.